The molecule has 3 aromatic rings. The van der Waals surface area contributed by atoms with Crippen LogP contribution in [0.2, 0.25) is 0 Å². The van der Waals surface area contributed by atoms with Crippen LogP contribution in [-0.2, 0) is 11.2 Å². The first kappa shape index (κ1) is 15.8. The number of rotatable bonds is 4. The Labute approximate surface area is 148 Å². The molecule has 0 fully saturated rings. The summed E-state index contributed by atoms with van der Waals surface area (Å²) in [4.78, 5) is 14.6. The molecular formula is C17H17N5O2S. The molecule has 2 N–H and O–H groups in total. The Hall–Kier alpha value is -2.74. The van der Waals surface area contributed by atoms with Gasteiger partial charge in [0.2, 0.25) is 16.9 Å². The number of carbonyl (C=O) groups excluding carboxylic acids is 1. The van der Waals surface area contributed by atoms with Gasteiger partial charge < -0.3 is 15.2 Å². The number of hydrogen-bond donors (Lipinski definition) is 1. The van der Waals surface area contributed by atoms with Crippen molar-refractivity contribution in [2.24, 2.45) is 0 Å². The lowest BCUT2D eigenvalue weighted by atomic mass is 10.1. The number of anilines is 1. The van der Waals surface area contributed by atoms with Crippen LogP contribution in [0.25, 0.3) is 11.6 Å². The number of carbonyl (C=O) groups is 1. The Morgan fingerprint density at radius 2 is 2.16 bits per heavy atom. The Morgan fingerprint density at radius 3 is 2.96 bits per heavy atom. The summed E-state index contributed by atoms with van der Waals surface area (Å²) < 4.78 is 6.63. The summed E-state index contributed by atoms with van der Waals surface area (Å²) in [5.74, 6) is 7.27. The van der Waals surface area contributed by atoms with E-state index < -0.39 is 0 Å². The van der Waals surface area contributed by atoms with Crippen LogP contribution in [0.15, 0.2) is 52.2 Å². The second-order valence-electron chi connectivity index (χ2n) is 5.89. The summed E-state index contributed by atoms with van der Waals surface area (Å²) in [5, 5.41) is 8.56. The van der Waals surface area contributed by atoms with E-state index in [0.29, 0.717) is 16.7 Å². The number of amides is 1. The molecule has 2 aromatic heterocycles. The van der Waals surface area contributed by atoms with Crippen LogP contribution in [0.1, 0.15) is 12.5 Å². The minimum Gasteiger partial charge on any atom is -0.461 e. The van der Waals surface area contributed by atoms with Crippen LogP contribution in [0.3, 0.4) is 0 Å². The van der Waals surface area contributed by atoms with Crippen molar-refractivity contribution < 1.29 is 9.21 Å². The Morgan fingerprint density at radius 1 is 1.32 bits per heavy atom. The summed E-state index contributed by atoms with van der Waals surface area (Å²) in [6, 6.07) is 11.7. The Bertz CT molecular complexity index is 906. The van der Waals surface area contributed by atoms with Crippen molar-refractivity contribution >= 4 is 23.4 Å². The van der Waals surface area contributed by atoms with Gasteiger partial charge in [-0.25, -0.2) is 4.68 Å². The minimum atomic E-state index is 0.0324. The molecule has 3 heterocycles. The van der Waals surface area contributed by atoms with Crippen molar-refractivity contribution in [3.8, 4) is 11.6 Å². The van der Waals surface area contributed by atoms with Gasteiger partial charge in [0.05, 0.1) is 12.0 Å². The number of nitrogens with two attached hydrogens (primary N) is 1. The molecule has 1 amide bonds. The SMILES string of the molecule is CC1Cc2ccccc2N1C(=O)CSc1nnc(-c2ccco2)n1N. The zero-order chi connectivity index (χ0) is 17.4. The minimum absolute atomic E-state index is 0.0324. The predicted octanol–water partition coefficient (Wildman–Crippen LogP) is 2.32. The standard InChI is InChI=1S/C17H17N5O2S/c1-11-9-12-5-2-3-6-13(12)21(11)15(23)10-25-17-20-19-16(22(17)18)14-7-4-8-24-14/h2-8,11H,9-10,18H2,1H3. The molecule has 4 rings (SSSR count). The fourth-order valence-electron chi connectivity index (χ4n) is 3.09. The van der Waals surface area contributed by atoms with Gasteiger partial charge in [-0.1, -0.05) is 30.0 Å². The molecule has 1 aromatic carbocycles. The molecule has 128 valence electrons. The van der Waals surface area contributed by atoms with Crippen molar-refractivity contribution in [1.29, 1.82) is 0 Å². The summed E-state index contributed by atoms with van der Waals surface area (Å²) >= 11 is 1.27. The fourth-order valence-corrected chi connectivity index (χ4v) is 3.81. The van der Waals surface area contributed by atoms with Crippen LogP contribution in [0.5, 0.6) is 0 Å². The third-order valence-electron chi connectivity index (χ3n) is 4.21. The van der Waals surface area contributed by atoms with Gasteiger partial charge >= 0.3 is 0 Å². The second-order valence-corrected chi connectivity index (χ2v) is 6.83. The maximum absolute atomic E-state index is 12.7. The smallest absolute Gasteiger partial charge is 0.237 e. The number of thioether (sulfide) groups is 1. The number of benzene rings is 1. The molecule has 1 aliphatic heterocycles. The molecule has 1 aliphatic rings. The van der Waals surface area contributed by atoms with Crippen molar-refractivity contribution in [2.75, 3.05) is 16.5 Å². The van der Waals surface area contributed by atoms with Gasteiger partial charge in [-0.2, -0.15) is 0 Å². The number of fused-ring (bicyclic) bond motifs is 1. The quantitative estimate of drug-likeness (QED) is 0.571. The molecule has 0 radical (unpaired) electrons. The summed E-state index contributed by atoms with van der Waals surface area (Å²) in [6.07, 6.45) is 2.43. The van der Waals surface area contributed by atoms with Crippen LogP contribution in [0.4, 0.5) is 5.69 Å². The van der Waals surface area contributed by atoms with E-state index in [1.165, 1.54) is 22.0 Å². The number of nitrogen functional groups attached to an aromatic ring is 1. The van der Waals surface area contributed by atoms with Crippen molar-refractivity contribution in [3.63, 3.8) is 0 Å². The molecule has 0 saturated carbocycles. The molecule has 0 bridgehead atoms. The first-order valence-electron chi connectivity index (χ1n) is 7.92. The average molecular weight is 355 g/mol. The third-order valence-corrected chi connectivity index (χ3v) is 5.13. The molecule has 0 aliphatic carbocycles. The predicted molar refractivity (Wildman–Crippen MR) is 95.7 cm³/mol. The molecule has 25 heavy (non-hydrogen) atoms. The van der Waals surface area contributed by atoms with E-state index in [1.807, 2.05) is 23.1 Å². The van der Waals surface area contributed by atoms with E-state index in [1.54, 1.807) is 18.4 Å². The summed E-state index contributed by atoms with van der Waals surface area (Å²) in [5.41, 5.74) is 2.20. The van der Waals surface area contributed by atoms with Crippen LogP contribution < -0.4 is 10.7 Å². The molecule has 1 unspecified atom stereocenters. The van der Waals surface area contributed by atoms with Gasteiger partial charge in [-0.05, 0) is 37.1 Å². The average Bonchev–Trinajstić information content (AvgIpc) is 3.31. The van der Waals surface area contributed by atoms with Gasteiger partial charge in [0.1, 0.15) is 0 Å². The van der Waals surface area contributed by atoms with Crippen molar-refractivity contribution in [2.45, 2.75) is 24.5 Å². The van der Waals surface area contributed by atoms with Crippen molar-refractivity contribution in [1.82, 2.24) is 14.9 Å². The third kappa shape index (κ3) is 2.78. The molecular weight excluding hydrogens is 338 g/mol. The lowest BCUT2D eigenvalue weighted by molar-refractivity contribution is -0.116. The van der Waals surface area contributed by atoms with E-state index in [2.05, 4.69) is 23.2 Å². The van der Waals surface area contributed by atoms with Gasteiger partial charge in [-0.15, -0.1) is 10.2 Å². The summed E-state index contributed by atoms with van der Waals surface area (Å²) in [6.45, 7) is 2.06. The van der Waals surface area contributed by atoms with Gasteiger partial charge in [-0.3, -0.25) is 4.79 Å². The van der Waals surface area contributed by atoms with E-state index >= 15 is 0 Å². The number of nitrogens with zero attached hydrogens (tertiary/aromatic N) is 4. The van der Waals surface area contributed by atoms with Crippen LogP contribution >= 0.6 is 11.8 Å². The number of aromatic nitrogens is 3. The molecule has 7 nitrogen and oxygen atoms in total. The lowest BCUT2D eigenvalue weighted by Gasteiger charge is -2.22. The van der Waals surface area contributed by atoms with E-state index in [9.17, 15) is 4.79 Å². The maximum atomic E-state index is 12.7. The molecule has 8 heteroatoms. The topological polar surface area (TPSA) is 90.2 Å². The van der Waals surface area contributed by atoms with E-state index in [0.717, 1.165) is 12.1 Å². The Balaban J connectivity index is 1.48. The second kappa shape index (κ2) is 6.29. The van der Waals surface area contributed by atoms with Crippen LogP contribution in [0, 0.1) is 0 Å². The maximum Gasteiger partial charge on any atom is 0.237 e. The molecule has 0 spiro atoms. The highest BCUT2D eigenvalue weighted by molar-refractivity contribution is 7.99. The fraction of sp³-hybridized carbons (Fsp3) is 0.235. The van der Waals surface area contributed by atoms with Gasteiger partial charge in [0.15, 0.2) is 5.76 Å². The van der Waals surface area contributed by atoms with E-state index in [4.69, 9.17) is 10.3 Å². The largest absolute Gasteiger partial charge is 0.461 e. The highest BCUT2D eigenvalue weighted by Gasteiger charge is 2.30. The highest BCUT2D eigenvalue weighted by atomic mass is 32.2. The summed E-state index contributed by atoms with van der Waals surface area (Å²) in [7, 11) is 0. The number of para-hydroxylation sites is 1. The zero-order valence-corrected chi connectivity index (χ0v) is 14.4. The molecule has 0 saturated heterocycles. The van der Waals surface area contributed by atoms with Gasteiger partial charge in [0.25, 0.3) is 0 Å². The van der Waals surface area contributed by atoms with Crippen LogP contribution in [-0.4, -0.2) is 32.6 Å². The lowest BCUT2D eigenvalue weighted by Crippen LogP contribution is -2.37. The zero-order valence-electron chi connectivity index (χ0n) is 13.6. The first-order chi connectivity index (χ1) is 12.1. The monoisotopic (exact) mass is 355 g/mol. The van der Waals surface area contributed by atoms with E-state index in [-0.39, 0.29) is 17.7 Å². The molecule has 1 atom stereocenters. The first-order valence-corrected chi connectivity index (χ1v) is 8.91. The van der Waals surface area contributed by atoms with Crippen molar-refractivity contribution in [3.05, 3.63) is 48.2 Å². The van der Waals surface area contributed by atoms with Gasteiger partial charge in [0, 0.05) is 11.7 Å². The Kier molecular flexibility index (Phi) is 3.96. The number of hydrogen-bond acceptors (Lipinski definition) is 6. The number of furan rings is 1. The highest BCUT2D eigenvalue weighted by Crippen LogP contribution is 2.32. The normalized spacial score (nSPS) is 16.2.